The Morgan fingerprint density at radius 1 is 1.00 bits per heavy atom. The molecule has 4 N–H and O–H groups in total. The van der Waals surface area contributed by atoms with Gasteiger partial charge in [-0.05, 0) is 37.3 Å². The van der Waals surface area contributed by atoms with Crippen molar-refractivity contribution in [3.05, 3.63) is 42.0 Å². The number of carbonyl (C=O) groups excluding carboxylic acids is 1. The third-order valence-electron chi connectivity index (χ3n) is 4.80. The Morgan fingerprint density at radius 2 is 1.74 bits per heavy atom. The van der Waals surface area contributed by atoms with Crippen LogP contribution >= 0.6 is 11.8 Å². The van der Waals surface area contributed by atoms with Gasteiger partial charge in [-0.2, -0.15) is 5.10 Å². The fourth-order valence-electron chi connectivity index (χ4n) is 2.93. The van der Waals surface area contributed by atoms with Gasteiger partial charge in [0.15, 0.2) is 11.5 Å². The molecule has 1 amide bonds. The fourth-order valence-corrected chi connectivity index (χ4v) is 3.59. The number of aromatic nitrogens is 3. The second-order valence-corrected chi connectivity index (χ2v) is 7.90. The molecule has 0 unspecified atom stereocenters. The number of methoxy groups -OCH3 is 4. The van der Waals surface area contributed by atoms with Crippen LogP contribution in [-0.2, 0) is 4.79 Å². The monoisotopic (exact) mass is 501 g/mol. The lowest BCUT2D eigenvalue weighted by atomic mass is 10.1. The first-order chi connectivity index (χ1) is 16.9. The van der Waals surface area contributed by atoms with Crippen LogP contribution in [0.2, 0.25) is 0 Å². The van der Waals surface area contributed by atoms with E-state index in [-0.39, 0.29) is 17.6 Å². The molecule has 0 aliphatic rings. The van der Waals surface area contributed by atoms with Gasteiger partial charge >= 0.3 is 0 Å². The number of ether oxygens (including phenoxy) is 4. The number of carbonyl (C=O) groups is 1. The lowest BCUT2D eigenvalue weighted by Crippen LogP contribution is -2.17. The number of anilines is 2. The van der Waals surface area contributed by atoms with Crippen molar-refractivity contribution in [2.45, 2.75) is 12.1 Å². The molecule has 0 aliphatic carbocycles. The number of rotatable bonds is 11. The number of nitrogen functional groups attached to an aromatic ring is 1. The lowest BCUT2D eigenvalue weighted by molar-refractivity contribution is -0.113. The van der Waals surface area contributed by atoms with Crippen LogP contribution in [0.3, 0.4) is 0 Å². The Morgan fingerprint density at radius 3 is 2.43 bits per heavy atom. The van der Waals surface area contributed by atoms with E-state index in [0.717, 1.165) is 17.3 Å². The van der Waals surface area contributed by atoms with Crippen LogP contribution in [0.1, 0.15) is 12.5 Å². The van der Waals surface area contributed by atoms with E-state index in [4.69, 9.17) is 24.8 Å². The average molecular weight is 502 g/mol. The largest absolute Gasteiger partial charge is 0.497 e. The van der Waals surface area contributed by atoms with Crippen LogP contribution in [0.5, 0.6) is 23.0 Å². The van der Waals surface area contributed by atoms with Crippen LogP contribution in [0.4, 0.5) is 11.6 Å². The van der Waals surface area contributed by atoms with Gasteiger partial charge < -0.3 is 30.1 Å². The molecule has 0 saturated carbocycles. The second kappa shape index (κ2) is 11.8. The molecular formula is C22H27N7O5S. The molecule has 1 aromatic heterocycles. The van der Waals surface area contributed by atoms with Crippen LogP contribution in [0, 0.1) is 0 Å². The van der Waals surface area contributed by atoms with Gasteiger partial charge in [-0.1, -0.05) is 11.8 Å². The molecule has 3 aromatic rings. The third-order valence-corrected chi connectivity index (χ3v) is 5.75. The molecule has 0 spiro atoms. The van der Waals surface area contributed by atoms with E-state index >= 15 is 0 Å². The van der Waals surface area contributed by atoms with Crippen molar-refractivity contribution in [3.63, 3.8) is 0 Å². The van der Waals surface area contributed by atoms with Crippen LogP contribution in [-0.4, -0.2) is 60.7 Å². The molecule has 3 rings (SSSR count). The first-order valence-electron chi connectivity index (χ1n) is 10.3. The summed E-state index contributed by atoms with van der Waals surface area (Å²) in [6.07, 6.45) is 0. The molecule has 1 heterocycles. The predicted octanol–water partition coefficient (Wildman–Crippen LogP) is 2.59. The zero-order valence-electron chi connectivity index (χ0n) is 20.0. The quantitative estimate of drug-likeness (QED) is 0.155. The van der Waals surface area contributed by atoms with Crippen molar-refractivity contribution in [2.75, 3.05) is 50.8 Å². The highest BCUT2D eigenvalue weighted by molar-refractivity contribution is 7.99. The highest BCUT2D eigenvalue weighted by Gasteiger charge is 2.14. The highest BCUT2D eigenvalue weighted by Crippen LogP contribution is 2.30. The summed E-state index contributed by atoms with van der Waals surface area (Å²) in [5.74, 6) is 8.38. The van der Waals surface area contributed by atoms with Gasteiger partial charge in [-0.25, -0.2) is 10.1 Å². The molecule has 2 aromatic carbocycles. The molecule has 0 bridgehead atoms. The number of nitrogens with one attached hydrogen (secondary N) is 2. The standard InChI is InChI=1S/C22H27N7O5S/c1-13(14-6-9-17(32-3)19(10-14)34-5)25-26-21-27-28-22(29(21)23)35-12-20(30)24-16-8-7-15(31-2)11-18(16)33-4/h6-11H,12,23H2,1-5H3,(H,24,30)(H,26,27)/b25-13+. The first-order valence-corrected chi connectivity index (χ1v) is 11.3. The maximum Gasteiger partial charge on any atom is 0.264 e. The van der Waals surface area contributed by atoms with Crippen LogP contribution in [0.25, 0.3) is 0 Å². The molecule has 186 valence electrons. The summed E-state index contributed by atoms with van der Waals surface area (Å²) in [6, 6.07) is 10.6. The molecule has 35 heavy (non-hydrogen) atoms. The van der Waals surface area contributed by atoms with Crippen LogP contribution < -0.4 is 35.5 Å². The van der Waals surface area contributed by atoms with E-state index in [0.29, 0.717) is 39.6 Å². The van der Waals surface area contributed by atoms with Gasteiger partial charge in [0.25, 0.3) is 5.95 Å². The molecule has 0 radical (unpaired) electrons. The maximum absolute atomic E-state index is 12.4. The van der Waals surface area contributed by atoms with E-state index in [9.17, 15) is 4.79 Å². The van der Waals surface area contributed by atoms with E-state index in [1.807, 2.05) is 19.1 Å². The van der Waals surface area contributed by atoms with Crippen LogP contribution in [0.15, 0.2) is 46.7 Å². The summed E-state index contributed by atoms with van der Waals surface area (Å²) in [6.45, 7) is 1.82. The molecule has 0 fully saturated rings. The van der Waals surface area contributed by atoms with Crippen molar-refractivity contribution in [1.82, 2.24) is 14.9 Å². The fraction of sp³-hybridized carbons (Fsp3) is 0.273. The van der Waals surface area contributed by atoms with Gasteiger partial charge in [0.1, 0.15) is 11.5 Å². The van der Waals surface area contributed by atoms with E-state index in [2.05, 4.69) is 26.0 Å². The molecular weight excluding hydrogens is 474 g/mol. The number of hydrogen-bond acceptors (Lipinski definition) is 11. The van der Waals surface area contributed by atoms with Gasteiger partial charge in [-0.15, -0.1) is 10.2 Å². The minimum atomic E-state index is -0.265. The van der Waals surface area contributed by atoms with Gasteiger partial charge in [0.2, 0.25) is 11.1 Å². The number of nitrogens with zero attached hydrogens (tertiary/aromatic N) is 4. The molecule has 0 saturated heterocycles. The Balaban J connectivity index is 1.61. The lowest BCUT2D eigenvalue weighted by Gasteiger charge is -2.11. The van der Waals surface area contributed by atoms with Crippen molar-refractivity contribution in [2.24, 2.45) is 5.10 Å². The Bertz CT molecular complexity index is 1210. The average Bonchev–Trinajstić information content (AvgIpc) is 3.24. The number of benzene rings is 2. The zero-order chi connectivity index (χ0) is 25.4. The van der Waals surface area contributed by atoms with Gasteiger partial charge in [0.05, 0.1) is 45.6 Å². The van der Waals surface area contributed by atoms with Gasteiger partial charge in [-0.3, -0.25) is 4.79 Å². The third kappa shape index (κ3) is 6.26. The molecule has 0 aliphatic heterocycles. The number of thioether (sulfide) groups is 1. The second-order valence-electron chi connectivity index (χ2n) is 6.96. The number of amides is 1. The van der Waals surface area contributed by atoms with Crippen molar-refractivity contribution in [1.29, 1.82) is 0 Å². The Hall–Kier alpha value is -4.13. The van der Waals surface area contributed by atoms with Gasteiger partial charge in [0, 0.05) is 11.6 Å². The number of hydrogen-bond donors (Lipinski definition) is 3. The SMILES string of the molecule is COc1ccc(NC(=O)CSc2nnc(N/N=C(\C)c3ccc(OC)c(OC)c3)n2N)c(OC)c1. The van der Waals surface area contributed by atoms with E-state index < -0.39 is 0 Å². The molecule has 13 heteroatoms. The molecule has 0 atom stereocenters. The first kappa shape index (κ1) is 25.5. The minimum absolute atomic E-state index is 0.0540. The van der Waals surface area contributed by atoms with Crippen molar-refractivity contribution >= 4 is 35.0 Å². The summed E-state index contributed by atoms with van der Waals surface area (Å²) in [5, 5.41) is 15.4. The normalized spacial score (nSPS) is 11.1. The van der Waals surface area contributed by atoms with E-state index in [1.165, 1.54) is 11.8 Å². The summed E-state index contributed by atoms with van der Waals surface area (Å²) in [7, 11) is 6.21. The Kier molecular flexibility index (Phi) is 8.62. The molecule has 12 nitrogen and oxygen atoms in total. The van der Waals surface area contributed by atoms with E-state index in [1.54, 1.807) is 45.6 Å². The Labute approximate surface area is 206 Å². The summed E-state index contributed by atoms with van der Waals surface area (Å²) < 4.78 is 22.3. The summed E-state index contributed by atoms with van der Waals surface area (Å²) in [5.41, 5.74) is 4.79. The predicted molar refractivity (Wildman–Crippen MR) is 134 cm³/mol. The van der Waals surface area contributed by atoms with Crippen molar-refractivity contribution < 1.29 is 23.7 Å². The summed E-state index contributed by atoms with van der Waals surface area (Å²) >= 11 is 1.12. The maximum atomic E-state index is 12.4. The zero-order valence-corrected chi connectivity index (χ0v) is 20.8. The van der Waals surface area contributed by atoms with Crippen molar-refractivity contribution in [3.8, 4) is 23.0 Å². The summed E-state index contributed by atoms with van der Waals surface area (Å²) in [4.78, 5) is 12.4. The smallest absolute Gasteiger partial charge is 0.264 e. The number of nitrogens with two attached hydrogens (primary N) is 1. The minimum Gasteiger partial charge on any atom is -0.497 e. The highest BCUT2D eigenvalue weighted by atomic mass is 32.2. The number of hydrazone groups is 1. The topological polar surface area (TPSA) is 147 Å².